The first-order chi connectivity index (χ1) is 15.6. The molecule has 0 aliphatic carbocycles. The summed E-state index contributed by atoms with van der Waals surface area (Å²) in [6, 6.07) is 16.8. The Bertz CT molecular complexity index is 1030. The Kier molecular flexibility index (Phi) is 8.69. The molecule has 1 heterocycles. The van der Waals surface area contributed by atoms with Gasteiger partial charge < -0.3 is 20.1 Å². The molecule has 0 atom stereocenters. The lowest BCUT2D eigenvalue weighted by Gasteiger charge is -2.11. The maximum atomic E-state index is 12.5. The molecule has 0 saturated heterocycles. The largest absolute Gasteiger partial charge is 0.493 e. The molecule has 6 nitrogen and oxygen atoms in total. The van der Waals surface area contributed by atoms with E-state index in [9.17, 15) is 9.59 Å². The van der Waals surface area contributed by atoms with Crippen LogP contribution < -0.4 is 20.1 Å². The molecule has 2 N–H and O–H groups in total. The van der Waals surface area contributed by atoms with Crippen molar-refractivity contribution in [2.24, 2.45) is 0 Å². The van der Waals surface area contributed by atoms with Crippen molar-refractivity contribution in [3.8, 4) is 11.5 Å². The van der Waals surface area contributed by atoms with E-state index in [-0.39, 0.29) is 11.8 Å². The van der Waals surface area contributed by atoms with Crippen molar-refractivity contribution in [3.05, 3.63) is 76.0 Å². The third-order valence-electron chi connectivity index (χ3n) is 4.96. The van der Waals surface area contributed by atoms with Crippen molar-refractivity contribution in [3.63, 3.8) is 0 Å². The standard InChI is InChI=1S/C25H28N2O4S/c1-30-22-12-11-18(16-23(22)31-2)13-14-26-25(29)19-6-3-7-20(17-19)27-24(28)10-4-8-21-9-5-15-32-21/h3,5-7,9,11-12,15-17H,4,8,10,13-14H2,1-2H3,(H,26,29)(H,27,28). The zero-order valence-electron chi connectivity index (χ0n) is 18.4. The minimum atomic E-state index is -0.181. The molecule has 0 aliphatic rings. The Hall–Kier alpha value is -3.32. The minimum Gasteiger partial charge on any atom is -0.493 e. The maximum absolute atomic E-state index is 12.5. The zero-order valence-corrected chi connectivity index (χ0v) is 19.2. The maximum Gasteiger partial charge on any atom is 0.251 e. The van der Waals surface area contributed by atoms with Gasteiger partial charge in [-0.1, -0.05) is 18.2 Å². The summed E-state index contributed by atoms with van der Waals surface area (Å²) in [5.41, 5.74) is 2.17. The van der Waals surface area contributed by atoms with Crippen LogP contribution >= 0.6 is 11.3 Å². The van der Waals surface area contributed by atoms with E-state index in [0.29, 0.717) is 42.1 Å². The van der Waals surface area contributed by atoms with Crippen molar-refractivity contribution in [2.45, 2.75) is 25.7 Å². The zero-order chi connectivity index (χ0) is 22.8. The van der Waals surface area contributed by atoms with Gasteiger partial charge in [-0.3, -0.25) is 9.59 Å². The predicted octanol–water partition coefficient (Wildman–Crippen LogP) is 4.70. The van der Waals surface area contributed by atoms with E-state index in [1.165, 1.54) is 4.88 Å². The van der Waals surface area contributed by atoms with Gasteiger partial charge in [0.05, 0.1) is 14.2 Å². The number of ether oxygens (including phenoxy) is 2. The van der Waals surface area contributed by atoms with E-state index in [4.69, 9.17) is 9.47 Å². The summed E-state index contributed by atoms with van der Waals surface area (Å²) >= 11 is 1.70. The van der Waals surface area contributed by atoms with E-state index in [2.05, 4.69) is 16.7 Å². The number of anilines is 1. The molecule has 0 spiro atoms. The number of hydrogen-bond acceptors (Lipinski definition) is 5. The number of nitrogens with one attached hydrogen (secondary N) is 2. The molecule has 0 unspecified atom stereocenters. The Labute approximate surface area is 192 Å². The van der Waals surface area contributed by atoms with Gasteiger partial charge in [0.1, 0.15) is 0 Å². The first kappa shape index (κ1) is 23.3. The molecule has 0 bridgehead atoms. The smallest absolute Gasteiger partial charge is 0.251 e. The molecule has 32 heavy (non-hydrogen) atoms. The molecule has 3 aromatic rings. The highest BCUT2D eigenvalue weighted by atomic mass is 32.1. The minimum absolute atomic E-state index is 0.0485. The lowest BCUT2D eigenvalue weighted by Crippen LogP contribution is -2.25. The van der Waals surface area contributed by atoms with Crippen LogP contribution in [-0.4, -0.2) is 32.6 Å². The molecule has 168 valence electrons. The summed E-state index contributed by atoms with van der Waals surface area (Å²) in [5, 5.41) is 7.84. The lowest BCUT2D eigenvalue weighted by molar-refractivity contribution is -0.116. The predicted molar refractivity (Wildman–Crippen MR) is 128 cm³/mol. The van der Waals surface area contributed by atoms with Gasteiger partial charge in [-0.05, 0) is 66.6 Å². The number of aryl methyl sites for hydroxylation is 1. The number of amides is 2. The van der Waals surface area contributed by atoms with Crippen LogP contribution in [0.4, 0.5) is 5.69 Å². The molecular formula is C25H28N2O4S. The Morgan fingerprint density at radius 3 is 2.53 bits per heavy atom. The highest BCUT2D eigenvalue weighted by Gasteiger charge is 2.09. The normalized spacial score (nSPS) is 10.4. The Morgan fingerprint density at radius 2 is 1.78 bits per heavy atom. The van der Waals surface area contributed by atoms with E-state index < -0.39 is 0 Å². The monoisotopic (exact) mass is 452 g/mol. The molecule has 7 heteroatoms. The Balaban J connectivity index is 1.46. The van der Waals surface area contributed by atoms with Crippen LogP contribution in [0.5, 0.6) is 11.5 Å². The van der Waals surface area contributed by atoms with Crippen LogP contribution in [0.2, 0.25) is 0 Å². The topological polar surface area (TPSA) is 76.7 Å². The highest BCUT2D eigenvalue weighted by Crippen LogP contribution is 2.27. The first-order valence-corrected chi connectivity index (χ1v) is 11.4. The highest BCUT2D eigenvalue weighted by molar-refractivity contribution is 7.09. The van der Waals surface area contributed by atoms with Gasteiger partial charge in [0.15, 0.2) is 11.5 Å². The summed E-state index contributed by atoms with van der Waals surface area (Å²) in [7, 11) is 3.19. The fourth-order valence-electron chi connectivity index (χ4n) is 3.30. The van der Waals surface area contributed by atoms with Crippen LogP contribution in [0.3, 0.4) is 0 Å². The number of benzene rings is 2. The van der Waals surface area contributed by atoms with Gasteiger partial charge >= 0.3 is 0 Å². The summed E-state index contributed by atoms with van der Waals surface area (Å²) < 4.78 is 10.6. The van der Waals surface area contributed by atoms with E-state index in [1.54, 1.807) is 49.8 Å². The molecule has 2 aromatic carbocycles. The Morgan fingerprint density at radius 1 is 0.938 bits per heavy atom. The fraction of sp³-hybridized carbons (Fsp3) is 0.280. The van der Waals surface area contributed by atoms with Gasteiger partial charge in [-0.15, -0.1) is 11.3 Å². The van der Waals surface area contributed by atoms with Crippen molar-refractivity contribution in [2.75, 3.05) is 26.1 Å². The summed E-state index contributed by atoms with van der Waals surface area (Å²) in [6.45, 7) is 0.480. The third kappa shape index (κ3) is 6.85. The van der Waals surface area contributed by atoms with Crippen molar-refractivity contribution >= 4 is 28.8 Å². The quantitative estimate of drug-likeness (QED) is 0.442. The molecule has 2 amide bonds. The fourth-order valence-corrected chi connectivity index (χ4v) is 4.05. The first-order valence-electron chi connectivity index (χ1n) is 10.5. The lowest BCUT2D eigenvalue weighted by atomic mass is 10.1. The average Bonchev–Trinajstić information content (AvgIpc) is 3.32. The molecule has 0 fully saturated rings. The number of rotatable bonds is 11. The molecular weight excluding hydrogens is 424 g/mol. The van der Waals surface area contributed by atoms with Gasteiger partial charge in [0.25, 0.3) is 5.91 Å². The number of methoxy groups -OCH3 is 2. The number of carbonyl (C=O) groups is 2. The van der Waals surface area contributed by atoms with Crippen molar-refractivity contribution in [1.82, 2.24) is 5.32 Å². The summed E-state index contributed by atoms with van der Waals surface area (Å²) in [5.74, 6) is 1.10. The van der Waals surface area contributed by atoms with Crippen LogP contribution in [0.25, 0.3) is 0 Å². The van der Waals surface area contributed by atoms with E-state index in [1.807, 2.05) is 29.6 Å². The van der Waals surface area contributed by atoms with Crippen molar-refractivity contribution in [1.29, 1.82) is 0 Å². The van der Waals surface area contributed by atoms with Crippen LogP contribution in [0.1, 0.15) is 33.6 Å². The van der Waals surface area contributed by atoms with Crippen molar-refractivity contribution < 1.29 is 19.1 Å². The van der Waals surface area contributed by atoms with E-state index in [0.717, 1.165) is 18.4 Å². The summed E-state index contributed by atoms with van der Waals surface area (Å²) in [6.07, 6.45) is 2.79. The average molecular weight is 453 g/mol. The van der Waals surface area contributed by atoms with Crippen LogP contribution in [0, 0.1) is 0 Å². The number of carbonyl (C=O) groups excluding carboxylic acids is 2. The molecule has 1 aromatic heterocycles. The second-order valence-electron chi connectivity index (χ2n) is 7.26. The molecule has 0 radical (unpaired) electrons. The van der Waals surface area contributed by atoms with Gasteiger partial charge in [0.2, 0.25) is 5.91 Å². The number of hydrogen-bond donors (Lipinski definition) is 2. The summed E-state index contributed by atoms with van der Waals surface area (Å²) in [4.78, 5) is 26.0. The SMILES string of the molecule is COc1ccc(CCNC(=O)c2cccc(NC(=O)CCCc3cccs3)c2)cc1OC. The van der Waals surface area contributed by atoms with Crippen LogP contribution in [0.15, 0.2) is 60.0 Å². The second-order valence-corrected chi connectivity index (χ2v) is 8.29. The van der Waals surface area contributed by atoms with Gasteiger partial charge in [-0.25, -0.2) is 0 Å². The molecule has 0 saturated carbocycles. The second kappa shape index (κ2) is 11.9. The third-order valence-corrected chi connectivity index (χ3v) is 5.90. The molecule has 3 rings (SSSR count). The van der Waals surface area contributed by atoms with Gasteiger partial charge in [-0.2, -0.15) is 0 Å². The van der Waals surface area contributed by atoms with Gasteiger partial charge in [0, 0.05) is 29.1 Å². The van der Waals surface area contributed by atoms with Crippen LogP contribution in [-0.2, 0) is 17.6 Å². The molecule has 0 aliphatic heterocycles. The van der Waals surface area contributed by atoms with E-state index >= 15 is 0 Å². The number of thiophene rings is 1.